The van der Waals surface area contributed by atoms with Gasteiger partial charge in [-0.25, -0.2) is 0 Å². The van der Waals surface area contributed by atoms with Gasteiger partial charge in [0.2, 0.25) is 0 Å². The van der Waals surface area contributed by atoms with Crippen LogP contribution in [0.1, 0.15) is 42.8 Å². The molecule has 2 N–H and O–H groups in total. The Morgan fingerprint density at radius 1 is 1.30 bits per heavy atom. The van der Waals surface area contributed by atoms with Crippen LogP contribution in [0.2, 0.25) is 0 Å². The third-order valence-electron chi connectivity index (χ3n) is 4.34. The third-order valence-corrected chi connectivity index (χ3v) is 4.34. The van der Waals surface area contributed by atoms with Gasteiger partial charge in [-0.05, 0) is 43.9 Å². The molecule has 1 aromatic carbocycles. The summed E-state index contributed by atoms with van der Waals surface area (Å²) in [6.07, 6.45) is 0.575. The van der Waals surface area contributed by atoms with Gasteiger partial charge in [-0.15, -0.1) is 0 Å². The molecule has 1 heterocycles. The number of hydrogen-bond acceptors (Lipinski definition) is 6. The fourth-order valence-corrected chi connectivity index (χ4v) is 2.78. The Labute approximate surface area is 159 Å². The van der Waals surface area contributed by atoms with Gasteiger partial charge in [0.05, 0.1) is 18.4 Å². The predicted octanol–water partition coefficient (Wildman–Crippen LogP) is 3.47. The molecule has 0 aliphatic carbocycles. The van der Waals surface area contributed by atoms with Crippen molar-refractivity contribution in [3.05, 3.63) is 40.8 Å². The van der Waals surface area contributed by atoms with Crippen LogP contribution in [-0.4, -0.2) is 29.4 Å². The van der Waals surface area contributed by atoms with E-state index in [2.05, 4.69) is 10.5 Å². The van der Waals surface area contributed by atoms with Crippen LogP contribution in [0.4, 0.5) is 0 Å². The van der Waals surface area contributed by atoms with E-state index in [1.165, 1.54) is 0 Å². The van der Waals surface area contributed by atoms with E-state index in [4.69, 9.17) is 14.0 Å². The Kier molecular flexibility index (Phi) is 7.24. The summed E-state index contributed by atoms with van der Waals surface area (Å²) < 4.78 is 16.4. The molecule has 0 saturated heterocycles. The van der Waals surface area contributed by atoms with Crippen molar-refractivity contribution in [2.45, 2.75) is 53.3 Å². The van der Waals surface area contributed by atoms with Gasteiger partial charge < -0.3 is 24.4 Å². The molecule has 148 valence electrons. The number of aryl methyl sites for hydroxylation is 2. The van der Waals surface area contributed by atoms with Crippen molar-refractivity contribution >= 4 is 5.97 Å². The highest BCUT2D eigenvalue weighted by Crippen LogP contribution is 2.29. The molecule has 0 radical (unpaired) electrons. The quantitative estimate of drug-likeness (QED) is 0.656. The molecule has 0 saturated carbocycles. The van der Waals surface area contributed by atoms with E-state index in [-0.39, 0.29) is 0 Å². The summed E-state index contributed by atoms with van der Waals surface area (Å²) in [6.45, 7) is 8.50. The molecule has 1 unspecified atom stereocenters. The topological polar surface area (TPSA) is 93.8 Å². The number of benzene rings is 1. The number of carbonyl (C=O) groups is 1. The van der Waals surface area contributed by atoms with Gasteiger partial charge in [0.15, 0.2) is 11.5 Å². The van der Waals surface area contributed by atoms with Crippen LogP contribution in [-0.2, 0) is 17.9 Å². The SMILES string of the molecule is COc1cc(CNC(CC(C)C)C(=O)O)ccc1OCc1c(C)noc1C. The summed E-state index contributed by atoms with van der Waals surface area (Å²) in [4.78, 5) is 11.4. The Bertz CT molecular complexity index is 750. The van der Waals surface area contributed by atoms with Crippen molar-refractivity contribution in [3.63, 3.8) is 0 Å². The average Bonchev–Trinajstić information content (AvgIpc) is 2.94. The fraction of sp³-hybridized carbons (Fsp3) is 0.500. The zero-order valence-corrected chi connectivity index (χ0v) is 16.5. The molecule has 0 aliphatic rings. The zero-order chi connectivity index (χ0) is 20.0. The Hall–Kier alpha value is -2.54. The van der Waals surface area contributed by atoms with Crippen LogP contribution in [0.3, 0.4) is 0 Å². The lowest BCUT2D eigenvalue weighted by molar-refractivity contribution is -0.140. The van der Waals surface area contributed by atoms with Gasteiger partial charge in [0.1, 0.15) is 18.4 Å². The Morgan fingerprint density at radius 3 is 2.59 bits per heavy atom. The zero-order valence-electron chi connectivity index (χ0n) is 16.5. The second-order valence-electron chi connectivity index (χ2n) is 6.98. The fourth-order valence-electron chi connectivity index (χ4n) is 2.78. The van der Waals surface area contributed by atoms with E-state index < -0.39 is 12.0 Å². The summed E-state index contributed by atoms with van der Waals surface area (Å²) in [7, 11) is 1.58. The number of nitrogens with one attached hydrogen (secondary N) is 1. The van der Waals surface area contributed by atoms with E-state index in [9.17, 15) is 9.90 Å². The van der Waals surface area contributed by atoms with Crippen molar-refractivity contribution in [2.24, 2.45) is 5.92 Å². The lowest BCUT2D eigenvalue weighted by Gasteiger charge is -2.17. The van der Waals surface area contributed by atoms with Crippen LogP contribution in [0.25, 0.3) is 0 Å². The van der Waals surface area contributed by atoms with Gasteiger partial charge in [-0.2, -0.15) is 0 Å². The Balaban J connectivity index is 2.03. The average molecular weight is 376 g/mol. The molecular formula is C20H28N2O5. The maximum absolute atomic E-state index is 11.4. The predicted molar refractivity (Wildman–Crippen MR) is 101 cm³/mol. The van der Waals surface area contributed by atoms with Gasteiger partial charge in [0.25, 0.3) is 0 Å². The van der Waals surface area contributed by atoms with Crippen LogP contribution in [0.5, 0.6) is 11.5 Å². The first-order valence-electron chi connectivity index (χ1n) is 8.99. The lowest BCUT2D eigenvalue weighted by Crippen LogP contribution is -2.37. The summed E-state index contributed by atoms with van der Waals surface area (Å²) in [6, 6.07) is 4.99. The van der Waals surface area contributed by atoms with E-state index in [1.807, 2.05) is 45.9 Å². The molecule has 27 heavy (non-hydrogen) atoms. The molecular weight excluding hydrogens is 348 g/mol. The smallest absolute Gasteiger partial charge is 0.320 e. The molecule has 1 aromatic heterocycles. The van der Waals surface area contributed by atoms with E-state index in [0.717, 1.165) is 22.6 Å². The molecule has 0 amide bonds. The second-order valence-corrected chi connectivity index (χ2v) is 6.98. The number of carboxylic acid groups (broad SMARTS) is 1. The summed E-state index contributed by atoms with van der Waals surface area (Å²) in [5.41, 5.74) is 2.64. The normalized spacial score (nSPS) is 12.2. The molecule has 0 bridgehead atoms. The first-order chi connectivity index (χ1) is 12.8. The molecule has 7 nitrogen and oxygen atoms in total. The first kappa shape index (κ1) is 20.8. The number of aliphatic carboxylic acids is 1. The number of carboxylic acids is 1. The monoisotopic (exact) mass is 376 g/mol. The highest BCUT2D eigenvalue weighted by atomic mass is 16.5. The maximum atomic E-state index is 11.4. The van der Waals surface area contributed by atoms with E-state index in [1.54, 1.807) is 7.11 Å². The van der Waals surface area contributed by atoms with Gasteiger partial charge >= 0.3 is 5.97 Å². The second kappa shape index (κ2) is 9.41. The van der Waals surface area contributed by atoms with Crippen molar-refractivity contribution in [1.82, 2.24) is 10.5 Å². The minimum absolute atomic E-state index is 0.299. The minimum Gasteiger partial charge on any atom is -0.493 e. The number of nitrogens with zero attached hydrogens (tertiary/aromatic N) is 1. The van der Waals surface area contributed by atoms with E-state index in [0.29, 0.717) is 37.0 Å². The van der Waals surface area contributed by atoms with Gasteiger partial charge in [0, 0.05) is 6.54 Å². The highest BCUT2D eigenvalue weighted by molar-refractivity contribution is 5.73. The van der Waals surface area contributed by atoms with Gasteiger partial charge in [-0.1, -0.05) is 25.1 Å². The van der Waals surface area contributed by atoms with E-state index >= 15 is 0 Å². The van der Waals surface area contributed by atoms with Gasteiger partial charge in [-0.3, -0.25) is 4.79 Å². The highest BCUT2D eigenvalue weighted by Gasteiger charge is 2.18. The first-order valence-corrected chi connectivity index (χ1v) is 8.99. The summed E-state index contributed by atoms with van der Waals surface area (Å²) >= 11 is 0. The molecule has 2 rings (SSSR count). The third kappa shape index (κ3) is 5.72. The number of hydrogen-bond donors (Lipinski definition) is 2. The minimum atomic E-state index is -0.838. The molecule has 0 fully saturated rings. The number of aromatic nitrogens is 1. The van der Waals surface area contributed by atoms with Crippen molar-refractivity contribution in [1.29, 1.82) is 0 Å². The number of ether oxygens (including phenoxy) is 2. The van der Waals surface area contributed by atoms with Crippen LogP contribution in [0.15, 0.2) is 22.7 Å². The standard InChI is InChI=1S/C20H28N2O5/c1-12(2)8-17(20(23)24)21-10-15-6-7-18(19(9-15)25-5)26-11-16-13(3)22-27-14(16)4/h6-7,9,12,17,21H,8,10-11H2,1-5H3,(H,23,24). The number of methoxy groups -OCH3 is 1. The number of rotatable bonds is 10. The maximum Gasteiger partial charge on any atom is 0.320 e. The largest absolute Gasteiger partial charge is 0.493 e. The summed E-state index contributed by atoms with van der Waals surface area (Å²) in [5, 5.41) is 16.3. The molecule has 0 aliphatic heterocycles. The molecule has 1 atom stereocenters. The lowest BCUT2D eigenvalue weighted by atomic mass is 10.0. The molecule has 2 aromatic rings. The van der Waals surface area contributed by atoms with Crippen LogP contribution in [0, 0.1) is 19.8 Å². The van der Waals surface area contributed by atoms with Crippen molar-refractivity contribution in [3.8, 4) is 11.5 Å². The summed E-state index contributed by atoms with van der Waals surface area (Å²) in [5.74, 6) is 1.40. The Morgan fingerprint density at radius 2 is 2.04 bits per heavy atom. The van der Waals surface area contributed by atoms with Crippen molar-refractivity contribution in [2.75, 3.05) is 7.11 Å². The molecule has 7 heteroatoms. The van der Waals surface area contributed by atoms with Crippen LogP contribution < -0.4 is 14.8 Å². The van der Waals surface area contributed by atoms with Crippen LogP contribution >= 0.6 is 0 Å². The molecule has 0 spiro atoms. The van der Waals surface area contributed by atoms with Crippen molar-refractivity contribution < 1.29 is 23.9 Å².